The summed E-state index contributed by atoms with van der Waals surface area (Å²) in [6.07, 6.45) is 2.77. The van der Waals surface area contributed by atoms with Gasteiger partial charge in [0.05, 0.1) is 6.04 Å². The van der Waals surface area contributed by atoms with Crippen molar-refractivity contribution in [1.29, 1.82) is 0 Å². The summed E-state index contributed by atoms with van der Waals surface area (Å²) in [4.78, 5) is 17.4. The number of likely N-dealkylation sites (tertiary alicyclic amines) is 2. The number of rotatable bonds is 4. The van der Waals surface area contributed by atoms with Crippen LogP contribution in [-0.2, 0) is 11.3 Å². The largest absolute Gasteiger partial charge is 0.454 e. The number of benzene rings is 2. The van der Waals surface area contributed by atoms with Crippen molar-refractivity contribution in [3.8, 4) is 11.5 Å². The quantitative estimate of drug-likeness (QED) is 0.793. The zero-order valence-electron chi connectivity index (χ0n) is 16.4. The smallest absolute Gasteiger partial charge is 0.239 e. The number of ether oxygens (including phenoxy) is 2. The van der Waals surface area contributed by atoms with Gasteiger partial charge in [-0.15, -0.1) is 0 Å². The van der Waals surface area contributed by atoms with Gasteiger partial charge < -0.3 is 14.4 Å². The molecule has 0 aromatic heterocycles. The fourth-order valence-corrected chi connectivity index (χ4v) is 4.75. The van der Waals surface area contributed by atoms with Crippen LogP contribution in [0.1, 0.15) is 36.3 Å². The summed E-state index contributed by atoms with van der Waals surface area (Å²) in [5.41, 5.74) is 1.85. The molecule has 0 radical (unpaired) electrons. The molecule has 3 heterocycles. The topological polar surface area (TPSA) is 42.0 Å². The Morgan fingerprint density at radius 1 is 1.07 bits per heavy atom. The first-order valence-electron chi connectivity index (χ1n) is 10.3. The Morgan fingerprint density at radius 3 is 2.83 bits per heavy atom. The molecule has 6 heteroatoms. The van der Waals surface area contributed by atoms with Crippen molar-refractivity contribution >= 4 is 5.91 Å². The average Bonchev–Trinajstić information content (AvgIpc) is 3.49. The predicted molar refractivity (Wildman–Crippen MR) is 106 cm³/mol. The zero-order chi connectivity index (χ0) is 19.8. The van der Waals surface area contributed by atoms with E-state index in [1.54, 1.807) is 12.1 Å². The number of hydrogen-bond donors (Lipinski definition) is 0. The van der Waals surface area contributed by atoms with Crippen LogP contribution in [0.3, 0.4) is 0 Å². The third-order valence-electron chi connectivity index (χ3n) is 6.35. The molecule has 0 aliphatic carbocycles. The summed E-state index contributed by atoms with van der Waals surface area (Å²) in [6.45, 7) is 3.09. The van der Waals surface area contributed by atoms with Crippen LogP contribution in [-0.4, -0.2) is 48.2 Å². The number of carbonyl (C=O) groups is 1. The third kappa shape index (κ3) is 3.57. The van der Waals surface area contributed by atoms with Gasteiger partial charge in [0.15, 0.2) is 11.5 Å². The van der Waals surface area contributed by atoms with Crippen LogP contribution >= 0.6 is 0 Å². The SMILES string of the molecule is O=C(C1CCCN1Cc1ccccc1F)N1CCC(c2ccc3c(c2)OCO3)C1. The lowest BCUT2D eigenvalue weighted by Crippen LogP contribution is -2.44. The average molecular weight is 396 g/mol. The minimum atomic E-state index is -0.199. The molecule has 5 rings (SSSR count). The van der Waals surface area contributed by atoms with Crippen LogP contribution in [0.15, 0.2) is 42.5 Å². The molecule has 5 nitrogen and oxygen atoms in total. The molecule has 0 N–H and O–H groups in total. The van der Waals surface area contributed by atoms with E-state index in [0.29, 0.717) is 18.0 Å². The monoisotopic (exact) mass is 396 g/mol. The van der Waals surface area contributed by atoms with Crippen molar-refractivity contribution in [3.63, 3.8) is 0 Å². The van der Waals surface area contributed by atoms with Crippen molar-refractivity contribution in [1.82, 2.24) is 9.80 Å². The highest BCUT2D eigenvalue weighted by molar-refractivity contribution is 5.82. The second kappa shape index (κ2) is 7.67. The molecule has 2 fully saturated rings. The molecule has 2 aromatic carbocycles. The molecule has 1 amide bonds. The van der Waals surface area contributed by atoms with Gasteiger partial charge in [0, 0.05) is 31.1 Å². The number of hydrogen-bond acceptors (Lipinski definition) is 4. The van der Waals surface area contributed by atoms with E-state index in [-0.39, 0.29) is 24.6 Å². The Kier molecular flexibility index (Phi) is 4.87. The maximum Gasteiger partial charge on any atom is 0.239 e. The van der Waals surface area contributed by atoms with Gasteiger partial charge in [-0.1, -0.05) is 24.3 Å². The Morgan fingerprint density at radius 2 is 1.93 bits per heavy atom. The van der Waals surface area contributed by atoms with Crippen molar-refractivity contribution in [2.24, 2.45) is 0 Å². The predicted octanol–water partition coefficient (Wildman–Crippen LogP) is 3.53. The van der Waals surface area contributed by atoms with Crippen LogP contribution in [0.5, 0.6) is 11.5 Å². The number of nitrogens with zero attached hydrogens (tertiary/aromatic N) is 2. The molecule has 2 aromatic rings. The molecule has 0 spiro atoms. The van der Waals surface area contributed by atoms with E-state index in [1.165, 1.54) is 11.6 Å². The first kappa shape index (κ1) is 18.4. The Hall–Kier alpha value is -2.60. The normalized spacial score (nSPS) is 23.7. The van der Waals surface area contributed by atoms with Gasteiger partial charge in [0.25, 0.3) is 0 Å². The summed E-state index contributed by atoms with van der Waals surface area (Å²) < 4.78 is 25.0. The van der Waals surface area contributed by atoms with Gasteiger partial charge in [-0.2, -0.15) is 0 Å². The molecule has 3 aliphatic rings. The standard InChI is InChI=1S/C23H25FN2O3/c24-19-5-2-1-4-18(19)14-25-10-3-6-20(25)23(27)26-11-9-17(13-26)16-7-8-21-22(12-16)29-15-28-21/h1-2,4-5,7-8,12,17,20H,3,6,9-11,13-15H2. The van der Waals surface area contributed by atoms with Gasteiger partial charge in [-0.25, -0.2) is 4.39 Å². The van der Waals surface area contributed by atoms with Crippen molar-refractivity contribution in [2.45, 2.75) is 37.8 Å². The van der Waals surface area contributed by atoms with E-state index < -0.39 is 0 Å². The molecule has 0 bridgehead atoms. The van der Waals surface area contributed by atoms with Gasteiger partial charge in [0.1, 0.15) is 5.82 Å². The molecule has 2 atom stereocenters. The molecular formula is C23H25FN2O3. The lowest BCUT2D eigenvalue weighted by Gasteiger charge is -2.28. The number of halogens is 1. The van der Waals surface area contributed by atoms with Crippen molar-refractivity contribution < 1.29 is 18.7 Å². The first-order valence-corrected chi connectivity index (χ1v) is 10.3. The van der Waals surface area contributed by atoms with Crippen LogP contribution in [0.2, 0.25) is 0 Å². The summed E-state index contributed by atoms with van der Waals surface area (Å²) in [5.74, 6) is 1.88. The Balaban J connectivity index is 1.25. The van der Waals surface area contributed by atoms with Crippen LogP contribution in [0.25, 0.3) is 0 Å². The number of fused-ring (bicyclic) bond motifs is 1. The lowest BCUT2D eigenvalue weighted by atomic mass is 9.98. The molecule has 3 aliphatic heterocycles. The second-order valence-corrected chi connectivity index (χ2v) is 8.10. The van der Waals surface area contributed by atoms with E-state index in [1.807, 2.05) is 23.1 Å². The van der Waals surface area contributed by atoms with Crippen LogP contribution in [0.4, 0.5) is 4.39 Å². The molecule has 2 unspecified atom stereocenters. The summed E-state index contributed by atoms with van der Waals surface area (Å²) >= 11 is 0. The summed E-state index contributed by atoms with van der Waals surface area (Å²) in [5, 5.41) is 0. The minimum Gasteiger partial charge on any atom is -0.454 e. The van der Waals surface area contributed by atoms with Gasteiger partial charge in [-0.3, -0.25) is 9.69 Å². The first-order chi connectivity index (χ1) is 14.2. The van der Waals surface area contributed by atoms with Gasteiger partial charge in [-0.05, 0) is 49.6 Å². The zero-order valence-corrected chi connectivity index (χ0v) is 16.4. The minimum absolute atomic E-state index is 0.148. The number of amides is 1. The van der Waals surface area contributed by atoms with Gasteiger partial charge >= 0.3 is 0 Å². The van der Waals surface area contributed by atoms with E-state index in [4.69, 9.17) is 9.47 Å². The molecule has 29 heavy (non-hydrogen) atoms. The highest BCUT2D eigenvalue weighted by atomic mass is 19.1. The highest BCUT2D eigenvalue weighted by Crippen LogP contribution is 2.37. The van der Waals surface area contributed by atoms with Crippen LogP contribution in [0, 0.1) is 5.82 Å². The molecule has 152 valence electrons. The van der Waals surface area contributed by atoms with Crippen LogP contribution < -0.4 is 9.47 Å². The molecule has 0 saturated carbocycles. The van der Waals surface area contributed by atoms with E-state index in [9.17, 15) is 9.18 Å². The molecular weight excluding hydrogens is 371 g/mol. The lowest BCUT2D eigenvalue weighted by molar-refractivity contribution is -0.135. The second-order valence-electron chi connectivity index (χ2n) is 8.10. The summed E-state index contributed by atoms with van der Waals surface area (Å²) in [6, 6.07) is 12.8. The molecule has 2 saturated heterocycles. The highest BCUT2D eigenvalue weighted by Gasteiger charge is 2.37. The van der Waals surface area contributed by atoms with Crippen molar-refractivity contribution in [2.75, 3.05) is 26.4 Å². The van der Waals surface area contributed by atoms with E-state index >= 15 is 0 Å². The van der Waals surface area contributed by atoms with Gasteiger partial charge in [0.2, 0.25) is 12.7 Å². The maximum atomic E-state index is 14.1. The third-order valence-corrected chi connectivity index (χ3v) is 6.35. The maximum absolute atomic E-state index is 14.1. The van der Waals surface area contributed by atoms with E-state index in [0.717, 1.165) is 50.4 Å². The fraction of sp³-hybridized carbons (Fsp3) is 0.435. The fourth-order valence-electron chi connectivity index (χ4n) is 4.75. The number of carbonyl (C=O) groups excluding carboxylic acids is 1. The Labute approximate surface area is 170 Å². The van der Waals surface area contributed by atoms with E-state index in [2.05, 4.69) is 11.0 Å². The van der Waals surface area contributed by atoms with Crippen molar-refractivity contribution in [3.05, 3.63) is 59.4 Å². The summed E-state index contributed by atoms with van der Waals surface area (Å²) in [7, 11) is 0. The Bertz CT molecular complexity index is 919.